The molecule has 1 atom stereocenters. The molecule has 0 aromatic heterocycles. The molecule has 3 heteroatoms. The van der Waals surface area contributed by atoms with Crippen molar-refractivity contribution < 1.29 is 4.79 Å². The van der Waals surface area contributed by atoms with E-state index in [1.165, 1.54) is 25.7 Å². The van der Waals surface area contributed by atoms with Gasteiger partial charge in [-0.25, -0.2) is 0 Å². The Hall–Kier alpha value is -2.31. The SMILES string of the molecule is CCCCCCCC(=S)c1cccc(C(C#N)C(=O)Cc2ccccc2)c1. The van der Waals surface area contributed by atoms with Gasteiger partial charge in [-0.3, -0.25) is 4.79 Å². The van der Waals surface area contributed by atoms with Gasteiger partial charge >= 0.3 is 0 Å². The van der Waals surface area contributed by atoms with Gasteiger partial charge < -0.3 is 0 Å². The topological polar surface area (TPSA) is 40.9 Å². The molecule has 0 fully saturated rings. The number of hydrogen-bond acceptors (Lipinski definition) is 3. The van der Waals surface area contributed by atoms with E-state index < -0.39 is 5.92 Å². The summed E-state index contributed by atoms with van der Waals surface area (Å²) in [4.78, 5) is 13.6. The first-order valence-corrected chi connectivity index (χ1v) is 10.2. The number of benzene rings is 2. The lowest BCUT2D eigenvalue weighted by molar-refractivity contribution is -0.118. The van der Waals surface area contributed by atoms with Crippen molar-refractivity contribution in [2.24, 2.45) is 0 Å². The largest absolute Gasteiger partial charge is 0.297 e. The fourth-order valence-electron chi connectivity index (χ4n) is 3.16. The average molecular weight is 378 g/mol. The van der Waals surface area contributed by atoms with Crippen LogP contribution >= 0.6 is 12.2 Å². The van der Waals surface area contributed by atoms with Gasteiger partial charge in [-0.2, -0.15) is 5.26 Å². The van der Waals surface area contributed by atoms with Crippen molar-refractivity contribution in [3.8, 4) is 6.07 Å². The number of carbonyl (C=O) groups is 1. The average Bonchev–Trinajstić information content (AvgIpc) is 2.69. The van der Waals surface area contributed by atoms with Gasteiger partial charge in [0, 0.05) is 11.3 Å². The molecule has 0 aliphatic heterocycles. The summed E-state index contributed by atoms with van der Waals surface area (Å²) in [5.74, 6) is -0.830. The Labute approximate surface area is 168 Å². The zero-order chi connectivity index (χ0) is 19.5. The first kappa shape index (κ1) is 21.0. The summed E-state index contributed by atoms with van der Waals surface area (Å²) in [6.45, 7) is 2.21. The molecule has 0 aliphatic carbocycles. The molecule has 1 unspecified atom stereocenters. The Balaban J connectivity index is 2.02. The van der Waals surface area contributed by atoms with Crippen LogP contribution in [0.15, 0.2) is 54.6 Å². The number of unbranched alkanes of at least 4 members (excludes halogenated alkanes) is 4. The fourth-order valence-corrected chi connectivity index (χ4v) is 3.43. The summed E-state index contributed by atoms with van der Waals surface area (Å²) in [6, 6.07) is 19.4. The van der Waals surface area contributed by atoms with Gasteiger partial charge in [0.05, 0.1) is 6.07 Å². The van der Waals surface area contributed by atoms with Gasteiger partial charge in [-0.05, 0) is 35.6 Å². The first-order chi connectivity index (χ1) is 13.2. The van der Waals surface area contributed by atoms with Crippen molar-refractivity contribution in [2.75, 3.05) is 0 Å². The van der Waals surface area contributed by atoms with Crippen LogP contribution in [0.25, 0.3) is 0 Å². The summed E-state index contributed by atoms with van der Waals surface area (Å²) in [7, 11) is 0. The molecule has 0 heterocycles. The molecule has 0 radical (unpaired) electrons. The van der Waals surface area contributed by atoms with Crippen LogP contribution in [0.1, 0.15) is 68.1 Å². The molecule has 2 aromatic rings. The van der Waals surface area contributed by atoms with E-state index in [1.807, 2.05) is 54.6 Å². The maximum absolute atomic E-state index is 12.6. The minimum atomic E-state index is -0.752. The Kier molecular flexibility index (Phi) is 8.87. The third-order valence-electron chi connectivity index (χ3n) is 4.72. The molecule has 0 bridgehead atoms. The number of rotatable bonds is 11. The van der Waals surface area contributed by atoms with Crippen molar-refractivity contribution in [1.82, 2.24) is 0 Å². The van der Waals surface area contributed by atoms with E-state index >= 15 is 0 Å². The van der Waals surface area contributed by atoms with Crippen LogP contribution in [0.5, 0.6) is 0 Å². The molecule has 0 spiro atoms. The van der Waals surface area contributed by atoms with Gasteiger partial charge in [-0.15, -0.1) is 0 Å². The highest BCUT2D eigenvalue weighted by molar-refractivity contribution is 7.80. The molecule has 2 nitrogen and oxygen atoms in total. The van der Waals surface area contributed by atoms with Crippen LogP contribution in [0, 0.1) is 11.3 Å². The van der Waals surface area contributed by atoms with Gasteiger partial charge in [-0.1, -0.05) is 93.4 Å². The Bertz CT molecular complexity index is 792. The Morgan fingerprint density at radius 2 is 1.78 bits per heavy atom. The fraction of sp³-hybridized carbons (Fsp3) is 0.375. The number of nitriles is 1. The quantitative estimate of drug-likeness (QED) is 0.266. The molecule has 140 valence electrons. The molecule has 0 saturated carbocycles. The second-order valence-electron chi connectivity index (χ2n) is 6.90. The van der Waals surface area contributed by atoms with Crippen LogP contribution in [-0.2, 0) is 11.2 Å². The molecule has 2 aromatic carbocycles. The van der Waals surface area contributed by atoms with Crippen LogP contribution < -0.4 is 0 Å². The monoisotopic (exact) mass is 377 g/mol. The highest BCUT2D eigenvalue weighted by Crippen LogP contribution is 2.21. The minimum Gasteiger partial charge on any atom is -0.297 e. The Morgan fingerprint density at radius 1 is 1.04 bits per heavy atom. The van der Waals surface area contributed by atoms with E-state index in [9.17, 15) is 10.1 Å². The van der Waals surface area contributed by atoms with Crippen LogP contribution in [0.2, 0.25) is 0 Å². The predicted molar refractivity (Wildman–Crippen MR) is 115 cm³/mol. The van der Waals surface area contributed by atoms with E-state index in [2.05, 4.69) is 13.0 Å². The van der Waals surface area contributed by atoms with Crippen molar-refractivity contribution in [1.29, 1.82) is 5.26 Å². The maximum atomic E-state index is 12.6. The third-order valence-corrected chi connectivity index (χ3v) is 5.16. The molecule has 0 aliphatic rings. The lowest BCUT2D eigenvalue weighted by Crippen LogP contribution is -2.14. The van der Waals surface area contributed by atoms with Gasteiger partial charge in [0.15, 0.2) is 5.78 Å². The van der Waals surface area contributed by atoms with Crippen LogP contribution in [0.4, 0.5) is 0 Å². The van der Waals surface area contributed by atoms with E-state index in [4.69, 9.17) is 12.2 Å². The van der Waals surface area contributed by atoms with Gasteiger partial charge in [0.2, 0.25) is 0 Å². The number of ketones is 1. The standard InChI is InChI=1S/C24H27NOS/c1-2-3-4-5-9-15-24(27)21-14-10-13-20(17-21)22(18-25)23(26)16-19-11-7-6-8-12-19/h6-8,10-14,17,22H,2-5,9,15-16H2,1H3. The van der Waals surface area contributed by atoms with E-state index in [-0.39, 0.29) is 12.2 Å². The molecule has 0 amide bonds. The maximum Gasteiger partial charge on any atom is 0.158 e. The number of thiocarbonyl (C=S) groups is 1. The van der Waals surface area contributed by atoms with Gasteiger partial charge in [0.1, 0.15) is 5.92 Å². The van der Waals surface area contributed by atoms with Crippen LogP contribution in [0.3, 0.4) is 0 Å². The lowest BCUT2D eigenvalue weighted by atomic mass is 9.90. The number of hydrogen-bond donors (Lipinski definition) is 0. The smallest absolute Gasteiger partial charge is 0.158 e. The summed E-state index contributed by atoms with van der Waals surface area (Å²) >= 11 is 5.58. The summed E-state index contributed by atoms with van der Waals surface area (Å²) in [5, 5.41) is 9.58. The highest BCUT2D eigenvalue weighted by atomic mass is 32.1. The molecule has 0 N–H and O–H groups in total. The van der Waals surface area contributed by atoms with Crippen molar-refractivity contribution >= 4 is 22.9 Å². The first-order valence-electron chi connectivity index (χ1n) is 9.75. The van der Waals surface area contributed by atoms with Crippen LogP contribution in [-0.4, -0.2) is 10.6 Å². The molecule has 27 heavy (non-hydrogen) atoms. The normalized spacial score (nSPS) is 11.6. The zero-order valence-corrected chi connectivity index (χ0v) is 16.8. The predicted octanol–water partition coefficient (Wildman–Crippen LogP) is 6.18. The summed E-state index contributed by atoms with van der Waals surface area (Å²) < 4.78 is 0. The molecule has 0 saturated heterocycles. The van der Waals surface area contributed by atoms with E-state index in [0.717, 1.165) is 34.4 Å². The number of nitrogens with zero attached hydrogens (tertiary/aromatic N) is 1. The minimum absolute atomic E-state index is 0.0775. The highest BCUT2D eigenvalue weighted by Gasteiger charge is 2.21. The van der Waals surface area contributed by atoms with Crippen molar-refractivity contribution in [3.05, 3.63) is 71.3 Å². The third kappa shape index (κ3) is 6.73. The van der Waals surface area contributed by atoms with Gasteiger partial charge in [0.25, 0.3) is 0 Å². The lowest BCUT2D eigenvalue weighted by Gasteiger charge is -2.11. The second kappa shape index (κ2) is 11.4. The molecular weight excluding hydrogens is 350 g/mol. The van der Waals surface area contributed by atoms with E-state index in [1.54, 1.807) is 0 Å². The number of carbonyl (C=O) groups excluding carboxylic acids is 1. The molecular formula is C24H27NOS. The Morgan fingerprint density at radius 3 is 2.48 bits per heavy atom. The summed E-state index contributed by atoms with van der Waals surface area (Å²) in [6.07, 6.45) is 7.21. The zero-order valence-electron chi connectivity index (χ0n) is 16.0. The van der Waals surface area contributed by atoms with Crippen molar-refractivity contribution in [3.63, 3.8) is 0 Å². The van der Waals surface area contributed by atoms with E-state index in [0.29, 0.717) is 0 Å². The second-order valence-corrected chi connectivity index (χ2v) is 7.40. The van der Waals surface area contributed by atoms with Crippen molar-refractivity contribution in [2.45, 2.75) is 57.8 Å². The summed E-state index contributed by atoms with van der Waals surface area (Å²) in [5.41, 5.74) is 2.64. The number of Topliss-reactive ketones (excluding diaryl/α,β-unsaturated/α-hetero) is 1. The molecule has 2 rings (SSSR count).